The van der Waals surface area contributed by atoms with Crippen LogP contribution in [0.2, 0.25) is 0 Å². The molecule has 0 radical (unpaired) electrons. The van der Waals surface area contributed by atoms with Crippen LogP contribution in [0.4, 0.5) is 10.1 Å². The summed E-state index contributed by atoms with van der Waals surface area (Å²) >= 11 is 0. The molecular weight excluding hydrogens is 333 g/mol. The van der Waals surface area contributed by atoms with Gasteiger partial charge in [-0.25, -0.2) is 9.38 Å². The summed E-state index contributed by atoms with van der Waals surface area (Å²) in [6.45, 7) is 9.31. The molecule has 1 aromatic rings. The van der Waals surface area contributed by atoms with Crippen molar-refractivity contribution in [1.82, 2.24) is 15.1 Å². The predicted molar refractivity (Wildman–Crippen MR) is 104 cm³/mol. The van der Waals surface area contributed by atoms with Crippen LogP contribution in [0.1, 0.15) is 6.92 Å². The molecule has 1 saturated heterocycles. The number of rotatable bonds is 5. The summed E-state index contributed by atoms with van der Waals surface area (Å²) in [5.74, 6) is 0.438. The maximum atomic E-state index is 14.0. The largest absolute Gasteiger partial charge is 0.366 e. The summed E-state index contributed by atoms with van der Waals surface area (Å²) in [7, 11) is 3.43. The van der Waals surface area contributed by atoms with Crippen LogP contribution in [0.5, 0.6) is 0 Å². The molecule has 0 aromatic heterocycles. The molecule has 1 amide bonds. The number of guanidine groups is 1. The number of aliphatic imine (C=N–C) groups is 1. The lowest BCUT2D eigenvalue weighted by molar-refractivity contribution is -0.127. The fraction of sp³-hybridized carbons (Fsp3) is 0.474. The zero-order chi connectivity index (χ0) is 19.1. The van der Waals surface area contributed by atoms with Crippen LogP contribution >= 0.6 is 0 Å². The number of benzene rings is 1. The normalized spacial score (nSPS) is 15.0. The minimum absolute atomic E-state index is 0.0513. The number of halogens is 1. The molecule has 0 atom stereocenters. The van der Waals surface area contributed by atoms with E-state index in [0.29, 0.717) is 44.4 Å². The van der Waals surface area contributed by atoms with Gasteiger partial charge in [0, 0.05) is 46.8 Å². The van der Waals surface area contributed by atoms with E-state index in [1.165, 1.54) is 11.0 Å². The molecule has 0 saturated carbocycles. The zero-order valence-corrected chi connectivity index (χ0v) is 15.8. The van der Waals surface area contributed by atoms with Crippen LogP contribution in [-0.2, 0) is 4.79 Å². The summed E-state index contributed by atoms with van der Waals surface area (Å²) < 4.78 is 14.0. The second-order valence-corrected chi connectivity index (χ2v) is 6.66. The molecule has 6 nitrogen and oxygen atoms in total. The first kappa shape index (κ1) is 19.8. The monoisotopic (exact) mass is 361 g/mol. The number of piperazine rings is 1. The molecule has 2 rings (SSSR count). The van der Waals surface area contributed by atoms with E-state index >= 15 is 0 Å². The molecule has 0 aliphatic carbocycles. The molecule has 0 spiro atoms. The van der Waals surface area contributed by atoms with Gasteiger partial charge in [0.2, 0.25) is 5.91 Å². The van der Waals surface area contributed by atoms with Gasteiger partial charge < -0.3 is 20.0 Å². The van der Waals surface area contributed by atoms with Crippen LogP contribution in [-0.4, -0.2) is 75.0 Å². The Kier molecular flexibility index (Phi) is 7.00. The van der Waals surface area contributed by atoms with Crippen LogP contribution < -0.4 is 10.2 Å². The minimum Gasteiger partial charge on any atom is -0.366 e. The predicted octanol–water partition coefficient (Wildman–Crippen LogP) is 1.56. The van der Waals surface area contributed by atoms with Crippen molar-refractivity contribution in [2.75, 3.05) is 58.3 Å². The van der Waals surface area contributed by atoms with E-state index in [4.69, 9.17) is 0 Å². The number of likely N-dealkylation sites (N-methyl/N-ethyl adjacent to an activating group) is 1. The Bertz CT molecular complexity index is 666. The van der Waals surface area contributed by atoms with Gasteiger partial charge in [0.1, 0.15) is 12.4 Å². The number of hydrogen-bond donors (Lipinski definition) is 1. The van der Waals surface area contributed by atoms with Crippen molar-refractivity contribution in [3.63, 3.8) is 0 Å². The van der Waals surface area contributed by atoms with Crippen LogP contribution in [0, 0.1) is 5.82 Å². The van der Waals surface area contributed by atoms with Gasteiger partial charge in [-0.2, -0.15) is 0 Å². The molecule has 1 aliphatic heterocycles. The molecule has 142 valence electrons. The fourth-order valence-electron chi connectivity index (χ4n) is 2.65. The molecule has 1 heterocycles. The lowest BCUT2D eigenvalue weighted by Crippen LogP contribution is -2.53. The molecule has 1 aromatic carbocycles. The first-order valence-electron chi connectivity index (χ1n) is 8.75. The number of nitrogens with zero attached hydrogens (tertiary/aromatic N) is 4. The van der Waals surface area contributed by atoms with Gasteiger partial charge in [-0.15, -0.1) is 0 Å². The van der Waals surface area contributed by atoms with Gasteiger partial charge in [-0.1, -0.05) is 24.3 Å². The Morgan fingerprint density at radius 2 is 1.92 bits per heavy atom. The Balaban J connectivity index is 2.02. The first-order chi connectivity index (χ1) is 12.4. The maximum Gasteiger partial charge on any atom is 0.243 e. The van der Waals surface area contributed by atoms with Gasteiger partial charge in [0.05, 0.1) is 5.69 Å². The Morgan fingerprint density at radius 3 is 2.50 bits per heavy atom. The lowest BCUT2D eigenvalue weighted by Gasteiger charge is -2.38. The van der Waals surface area contributed by atoms with E-state index in [1.54, 1.807) is 26.2 Å². The zero-order valence-electron chi connectivity index (χ0n) is 15.8. The van der Waals surface area contributed by atoms with E-state index in [0.717, 1.165) is 5.57 Å². The van der Waals surface area contributed by atoms with Gasteiger partial charge >= 0.3 is 0 Å². The van der Waals surface area contributed by atoms with Gasteiger partial charge in [0.25, 0.3) is 0 Å². The van der Waals surface area contributed by atoms with Gasteiger partial charge in [-0.3, -0.25) is 4.79 Å². The topological polar surface area (TPSA) is 51.2 Å². The van der Waals surface area contributed by atoms with Crippen molar-refractivity contribution in [1.29, 1.82) is 0 Å². The van der Waals surface area contributed by atoms with Gasteiger partial charge in [-0.05, 0) is 19.1 Å². The fourth-order valence-corrected chi connectivity index (χ4v) is 2.65. The number of carbonyl (C=O) groups excluding carboxylic acids is 1. The van der Waals surface area contributed by atoms with Crippen molar-refractivity contribution in [2.45, 2.75) is 6.92 Å². The number of amides is 1. The van der Waals surface area contributed by atoms with E-state index in [2.05, 4.69) is 21.8 Å². The molecule has 7 heteroatoms. The lowest BCUT2D eigenvalue weighted by atomic mass is 10.2. The van der Waals surface area contributed by atoms with Crippen molar-refractivity contribution in [3.05, 3.63) is 42.2 Å². The third-order valence-corrected chi connectivity index (χ3v) is 4.18. The number of anilines is 1. The number of carbonyl (C=O) groups is 1. The molecule has 1 fully saturated rings. The Labute approximate surface area is 155 Å². The van der Waals surface area contributed by atoms with Crippen molar-refractivity contribution in [3.8, 4) is 0 Å². The van der Waals surface area contributed by atoms with Crippen molar-refractivity contribution in [2.24, 2.45) is 4.99 Å². The van der Waals surface area contributed by atoms with E-state index in [1.807, 2.05) is 17.9 Å². The highest BCUT2D eigenvalue weighted by Gasteiger charge is 2.21. The highest BCUT2D eigenvalue weighted by molar-refractivity contribution is 5.85. The van der Waals surface area contributed by atoms with E-state index < -0.39 is 0 Å². The highest BCUT2D eigenvalue weighted by Crippen LogP contribution is 2.20. The average Bonchev–Trinajstić information content (AvgIpc) is 2.62. The molecule has 26 heavy (non-hydrogen) atoms. The van der Waals surface area contributed by atoms with Gasteiger partial charge in [0.15, 0.2) is 5.96 Å². The number of para-hydroxylation sites is 1. The minimum atomic E-state index is -0.202. The second-order valence-electron chi connectivity index (χ2n) is 6.66. The molecule has 0 unspecified atom stereocenters. The molecular formula is C19H28FN5O. The summed E-state index contributed by atoms with van der Waals surface area (Å²) in [6, 6.07) is 6.83. The van der Waals surface area contributed by atoms with Crippen LogP contribution in [0.25, 0.3) is 0 Å². The quantitative estimate of drug-likeness (QED) is 0.491. The molecule has 1 N–H and O–H groups in total. The standard InChI is InChI=1S/C19H28FN5O/c1-15(2)13-21-19(22-14-18(26)23(3)4)25-11-9-24(10-12-25)17-8-6-5-7-16(17)20/h5-8H,1,9-14H2,2-4H3,(H,21,22). The average molecular weight is 361 g/mol. The van der Waals surface area contributed by atoms with Crippen molar-refractivity contribution < 1.29 is 9.18 Å². The van der Waals surface area contributed by atoms with E-state index in [-0.39, 0.29) is 18.3 Å². The van der Waals surface area contributed by atoms with Crippen LogP contribution in [0.15, 0.2) is 41.4 Å². The smallest absolute Gasteiger partial charge is 0.243 e. The summed E-state index contributed by atoms with van der Waals surface area (Å²) in [5, 5.41) is 3.26. The maximum absolute atomic E-state index is 14.0. The first-order valence-corrected chi connectivity index (χ1v) is 8.75. The number of hydrogen-bond acceptors (Lipinski definition) is 3. The second kappa shape index (κ2) is 9.22. The van der Waals surface area contributed by atoms with Crippen molar-refractivity contribution >= 4 is 17.6 Å². The highest BCUT2D eigenvalue weighted by atomic mass is 19.1. The summed E-state index contributed by atoms with van der Waals surface area (Å²) in [6.07, 6.45) is 0. The number of nitrogens with one attached hydrogen (secondary N) is 1. The SMILES string of the molecule is C=C(C)CNC(=NCC(=O)N(C)C)N1CCN(c2ccccc2F)CC1. The Morgan fingerprint density at radius 1 is 1.27 bits per heavy atom. The Hall–Kier alpha value is -2.57. The molecule has 0 bridgehead atoms. The van der Waals surface area contributed by atoms with Crippen LogP contribution in [0.3, 0.4) is 0 Å². The third-order valence-electron chi connectivity index (χ3n) is 4.18. The summed E-state index contributed by atoms with van der Waals surface area (Å²) in [5.41, 5.74) is 1.62. The van der Waals surface area contributed by atoms with E-state index in [9.17, 15) is 9.18 Å². The third kappa shape index (κ3) is 5.47. The summed E-state index contributed by atoms with van der Waals surface area (Å²) in [4.78, 5) is 22.0. The molecule has 1 aliphatic rings.